The number of benzene rings is 1. The van der Waals surface area contributed by atoms with Crippen molar-refractivity contribution in [3.05, 3.63) is 58.6 Å². The zero-order valence-corrected chi connectivity index (χ0v) is 15.2. The lowest BCUT2D eigenvalue weighted by atomic mass is 10.1. The van der Waals surface area contributed by atoms with E-state index in [0.717, 1.165) is 23.7 Å². The van der Waals surface area contributed by atoms with Gasteiger partial charge in [0, 0.05) is 38.2 Å². The molecule has 2 aromatic heterocycles. The minimum atomic E-state index is -0.0611. The van der Waals surface area contributed by atoms with Gasteiger partial charge in [0.15, 0.2) is 0 Å². The van der Waals surface area contributed by atoms with Crippen molar-refractivity contribution in [1.29, 1.82) is 0 Å². The molecule has 1 N–H and O–H groups in total. The van der Waals surface area contributed by atoms with Gasteiger partial charge in [0.2, 0.25) is 11.0 Å². The van der Waals surface area contributed by atoms with Gasteiger partial charge in [0.25, 0.3) is 0 Å². The topological polar surface area (TPSA) is 72.7 Å². The number of aromatic nitrogens is 4. The molecule has 3 aromatic rings. The lowest BCUT2D eigenvalue weighted by Gasteiger charge is -2.05. The van der Waals surface area contributed by atoms with Gasteiger partial charge < -0.3 is 9.88 Å². The number of amides is 1. The van der Waals surface area contributed by atoms with Crippen LogP contribution in [-0.4, -0.2) is 25.7 Å². The Labute approximate surface area is 150 Å². The van der Waals surface area contributed by atoms with E-state index in [2.05, 4.69) is 52.5 Å². The van der Waals surface area contributed by atoms with Crippen LogP contribution in [0.5, 0.6) is 0 Å². The number of hydrogen-bond acceptors (Lipinski definition) is 5. The van der Waals surface area contributed by atoms with E-state index in [9.17, 15) is 4.79 Å². The molecule has 0 atom stereocenters. The van der Waals surface area contributed by atoms with E-state index >= 15 is 0 Å². The van der Waals surface area contributed by atoms with Gasteiger partial charge in [-0.2, -0.15) is 0 Å². The molecule has 0 bridgehead atoms. The Balaban J connectivity index is 1.53. The Hall–Kier alpha value is -2.54. The molecule has 0 aliphatic heterocycles. The second-order valence-corrected chi connectivity index (χ2v) is 6.92. The molecule has 0 aliphatic carbocycles. The molecular formula is C18H21N5OS. The summed E-state index contributed by atoms with van der Waals surface area (Å²) >= 11 is 1.42. The van der Waals surface area contributed by atoms with Crippen LogP contribution in [0.1, 0.15) is 35.3 Å². The predicted molar refractivity (Wildman–Crippen MR) is 98.7 cm³/mol. The van der Waals surface area contributed by atoms with Crippen LogP contribution < -0.4 is 5.32 Å². The SMILES string of the molecule is CCc1nccn1CCC(=O)Nc1nnc(Cc2cccc(C)c2)s1. The predicted octanol–water partition coefficient (Wildman–Crippen LogP) is 3.23. The Morgan fingerprint density at radius 1 is 1.32 bits per heavy atom. The third kappa shape index (κ3) is 4.73. The molecule has 6 nitrogen and oxygen atoms in total. The summed E-state index contributed by atoms with van der Waals surface area (Å²) in [4.78, 5) is 16.4. The summed E-state index contributed by atoms with van der Waals surface area (Å²) in [5.74, 6) is 0.929. The fourth-order valence-corrected chi connectivity index (χ4v) is 3.42. The summed E-state index contributed by atoms with van der Waals surface area (Å²) in [6, 6.07) is 8.31. The monoisotopic (exact) mass is 355 g/mol. The van der Waals surface area contributed by atoms with E-state index in [1.54, 1.807) is 6.20 Å². The standard InChI is InChI=1S/C18H21N5OS/c1-3-15-19-8-10-23(15)9-7-16(24)20-18-22-21-17(25-18)12-14-6-4-5-13(2)11-14/h4-6,8,10-11H,3,7,9,12H2,1-2H3,(H,20,22,24). The van der Waals surface area contributed by atoms with Gasteiger partial charge in [0.1, 0.15) is 10.8 Å². The maximum Gasteiger partial charge on any atom is 0.227 e. The molecule has 0 fully saturated rings. The zero-order valence-electron chi connectivity index (χ0n) is 14.4. The van der Waals surface area contributed by atoms with Crippen molar-refractivity contribution in [2.24, 2.45) is 0 Å². The van der Waals surface area contributed by atoms with Crippen LogP contribution in [0, 0.1) is 6.92 Å². The fourth-order valence-electron chi connectivity index (χ4n) is 2.63. The molecule has 130 valence electrons. The Kier molecular flexibility index (Phi) is 5.55. The van der Waals surface area contributed by atoms with Crippen LogP contribution in [0.4, 0.5) is 5.13 Å². The molecule has 25 heavy (non-hydrogen) atoms. The molecule has 0 saturated carbocycles. The van der Waals surface area contributed by atoms with Gasteiger partial charge in [-0.05, 0) is 12.5 Å². The number of nitrogens with one attached hydrogen (secondary N) is 1. The zero-order chi connectivity index (χ0) is 17.6. The van der Waals surface area contributed by atoms with E-state index in [-0.39, 0.29) is 5.91 Å². The summed E-state index contributed by atoms with van der Waals surface area (Å²) in [6.45, 7) is 4.74. The van der Waals surface area contributed by atoms with Crippen molar-refractivity contribution in [2.75, 3.05) is 5.32 Å². The first-order chi connectivity index (χ1) is 12.1. The molecular weight excluding hydrogens is 334 g/mol. The number of anilines is 1. The highest BCUT2D eigenvalue weighted by Gasteiger charge is 2.10. The first-order valence-corrected chi connectivity index (χ1v) is 9.13. The van der Waals surface area contributed by atoms with E-state index in [1.807, 2.05) is 16.8 Å². The summed E-state index contributed by atoms with van der Waals surface area (Å²) in [7, 11) is 0. The van der Waals surface area contributed by atoms with Crippen molar-refractivity contribution < 1.29 is 4.79 Å². The van der Waals surface area contributed by atoms with E-state index in [1.165, 1.54) is 22.5 Å². The van der Waals surface area contributed by atoms with Gasteiger partial charge in [-0.3, -0.25) is 4.79 Å². The maximum absolute atomic E-state index is 12.1. The fraction of sp³-hybridized carbons (Fsp3) is 0.333. The maximum atomic E-state index is 12.1. The minimum absolute atomic E-state index is 0.0611. The number of carbonyl (C=O) groups excluding carboxylic acids is 1. The molecule has 7 heteroatoms. The Morgan fingerprint density at radius 3 is 3.00 bits per heavy atom. The van der Waals surface area contributed by atoms with E-state index < -0.39 is 0 Å². The molecule has 0 radical (unpaired) electrons. The molecule has 1 aromatic carbocycles. The summed E-state index contributed by atoms with van der Waals surface area (Å²) < 4.78 is 2.00. The van der Waals surface area contributed by atoms with Crippen LogP contribution in [-0.2, 0) is 24.2 Å². The number of hydrogen-bond donors (Lipinski definition) is 1. The van der Waals surface area contributed by atoms with Crippen molar-refractivity contribution in [3.8, 4) is 0 Å². The summed E-state index contributed by atoms with van der Waals surface area (Å²) in [5, 5.41) is 12.5. The minimum Gasteiger partial charge on any atom is -0.334 e. The van der Waals surface area contributed by atoms with Crippen LogP contribution >= 0.6 is 11.3 Å². The lowest BCUT2D eigenvalue weighted by molar-refractivity contribution is -0.116. The van der Waals surface area contributed by atoms with Gasteiger partial charge in [-0.25, -0.2) is 4.98 Å². The number of carbonyl (C=O) groups is 1. The second kappa shape index (κ2) is 8.02. The van der Waals surface area contributed by atoms with Crippen molar-refractivity contribution in [3.63, 3.8) is 0 Å². The first kappa shape index (κ1) is 17.3. The summed E-state index contributed by atoms with van der Waals surface area (Å²) in [5.41, 5.74) is 2.42. The average molecular weight is 355 g/mol. The van der Waals surface area contributed by atoms with E-state index in [0.29, 0.717) is 18.1 Å². The number of nitrogens with zero attached hydrogens (tertiary/aromatic N) is 4. The van der Waals surface area contributed by atoms with Crippen molar-refractivity contribution >= 4 is 22.4 Å². The lowest BCUT2D eigenvalue weighted by Crippen LogP contribution is -2.15. The number of imidazole rings is 1. The van der Waals surface area contributed by atoms with Gasteiger partial charge >= 0.3 is 0 Å². The number of rotatable bonds is 7. The first-order valence-electron chi connectivity index (χ1n) is 8.32. The molecule has 0 aliphatic rings. The van der Waals surface area contributed by atoms with Crippen LogP contribution in [0.2, 0.25) is 0 Å². The third-order valence-electron chi connectivity index (χ3n) is 3.85. The van der Waals surface area contributed by atoms with Crippen molar-refractivity contribution in [2.45, 2.75) is 39.7 Å². The molecule has 3 rings (SSSR count). The quantitative estimate of drug-likeness (QED) is 0.706. The highest BCUT2D eigenvalue weighted by molar-refractivity contribution is 7.15. The Bertz CT molecular complexity index is 855. The third-order valence-corrected chi connectivity index (χ3v) is 4.69. The molecule has 0 unspecified atom stereocenters. The van der Waals surface area contributed by atoms with E-state index in [4.69, 9.17) is 0 Å². The van der Waals surface area contributed by atoms with Crippen molar-refractivity contribution in [1.82, 2.24) is 19.7 Å². The van der Waals surface area contributed by atoms with Crippen LogP contribution in [0.15, 0.2) is 36.7 Å². The van der Waals surface area contributed by atoms with Gasteiger partial charge in [-0.15, -0.1) is 10.2 Å². The summed E-state index contributed by atoms with van der Waals surface area (Å²) in [6.07, 6.45) is 5.63. The molecule has 0 saturated heterocycles. The highest BCUT2D eigenvalue weighted by atomic mass is 32.1. The smallest absolute Gasteiger partial charge is 0.227 e. The Morgan fingerprint density at radius 2 is 2.20 bits per heavy atom. The van der Waals surface area contributed by atoms with Gasteiger partial charge in [0.05, 0.1) is 0 Å². The highest BCUT2D eigenvalue weighted by Crippen LogP contribution is 2.19. The van der Waals surface area contributed by atoms with Crippen LogP contribution in [0.25, 0.3) is 0 Å². The molecule has 1 amide bonds. The second-order valence-electron chi connectivity index (χ2n) is 5.86. The molecule has 2 heterocycles. The largest absolute Gasteiger partial charge is 0.334 e. The number of aryl methyl sites for hydroxylation is 3. The normalized spacial score (nSPS) is 10.8. The van der Waals surface area contributed by atoms with Crippen LogP contribution in [0.3, 0.4) is 0 Å². The average Bonchev–Trinajstić information content (AvgIpc) is 3.22. The molecule has 0 spiro atoms. The van der Waals surface area contributed by atoms with Gasteiger partial charge in [-0.1, -0.05) is 48.1 Å².